The molecule has 0 aromatic heterocycles. The molecule has 70 valence electrons. The van der Waals surface area contributed by atoms with Gasteiger partial charge in [0, 0.05) is 22.6 Å². The van der Waals surface area contributed by atoms with Crippen molar-refractivity contribution in [3.63, 3.8) is 0 Å². The second-order valence-electron chi connectivity index (χ2n) is 3.44. The van der Waals surface area contributed by atoms with E-state index >= 15 is 0 Å². The molecule has 1 aliphatic heterocycles. The largest absolute Gasteiger partial charge is 0.323 e. The number of thioether (sulfide) groups is 1. The lowest BCUT2D eigenvalue weighted by atomic mass is 10.00. The predicted molar refractivity (Wildman–Crippen MR) is 59.3 cm³/mol. The molecule has 0 saturated carbocycles. The van der Waals surface area contributed by atoms with Crippen LogP contribution >= 0.6 is 23.4 Å². The number of hydrogen-bond donors (Lipinski definition) is 1. The van der Waals surface area contributed by atoms with E-state index in [-0.39, 0.29) is 6.04 Å². The highest BCUT2D eigenvalue weighted by molar-refractivity contribution is 7.98. The van der Waals surface area contributed by atoms with Crippen molar-refractivity contribution in [3.8, 4) is 0 Å². The predicted octanol–water partition coefficient (Wildman–Crippen LogP) is 2.90. The van der Waals surface area contributed by atoms with E-state index in [2.05, 4.69) is 13.0 Å². The molecular formula is C10H12ClNS. The Hall–Kier alpha value is -0.180. The Morgan fingerprint density at radius 3 is 3.08 bits per heavy atom. The Morgan fingerprint density at radius 2 is 2.31 bits per heavy atom. The number of hydrogen-bond acceptors (Lipinski definition) is 2. The molecule has 2 rings (SSSR count). The van der Waals surface area contributed by atoms with Crippen LogP contribution in [0.25, 0.3) is 0 Å². The van der Waals surface area contributed by atoms with Crippen LogP contribution in [-0.4, -0.2) is 5.75 Å². The summed E-state index contributed by atoms with van der Waals surface area (Å²) in [7, 11) is 0. The summed E-state index contributed by atoms with van der Waals surface area (Å²) < 4.78 is 0. The summed E-state index contributed by atoms with van der Waals surface area (Å²) in [5, 5.41) is 0.873. The van der Waals surface area contributed by atoms with Crippen LogP contribution in [0.4, 0.5) is 0 Å². The second-order valence-corrected chi connectivity index (χ2v) is 4.87. The zero-order valence-electron chi connectivity index (χ0n) is 7.51. The van der Waals surface area contributed by atoms with Gasteiger partial charge in [0.25, 0.3) is 0 Å². The molecule has 1 nitrogen and oxygen atoms in total. The monoisotopic (exact) mass is 213 g/mol. The third kappa shape index (κ3) is 1.71. The van der Waals surface area contributed by atoms with Gasteiger partial charge in [0.2, 0.25) is 0 Å². The molecule has 0 bridgehead atoms. The highest BCUT2D eigenvalue weighted by Crippen LogP contribution is 2.35. The van der Waals surface area contributed by atoms with Crippen molar-refractivity contribution in [2.75, 3.05) is 5.75 Å². The molecule has 1 aromatic rings. The van der Waals surface area contributed by atoms with Crippen LogP contribution in [0.1, 0.15) is 22.7 Å². The van der Waals surface area contributed by atoms with Gasteiger partial charge in [-0.2, -0.15) is 11.8 Å². The van der Waals surface area contributed by atoms with Gasteiger partial charge in [0.05, 0.1) is 0 Å². The summed E-state index contributed by atoms with van der Waals surface area (Å²) in [5.41, 5.74) is 9.68. The van der Waals surface area contributed by atoms with Gasteiger partial charge in [0.1, 0.15) is 0 Å². The lowest BCUT2D eigenvalue weighted by molar-refractivity contribution is 0.808. The average Bonchev–Trinajstić information content (AvgIpc) is 2.07. The molecule has 0 amide bonds. The standard InChI is InChI=1S/C10H12ClNS/c1-6-2-7-8(9(11)3-6)4-13-5-10(7)12/h2-3,10H,4-5,12H2,1H3. The van der Waals surface area contributed by atoms with Crippen LogP contribution in [0.2, 0.25) is 5.02 Å². The number of halogens is 1. The van der Waals surface area contributed by atoms with Crippen LogP contribution < -0.4 is 5.73 Å². The minimum absolute atomic E-state index is 0.158. The van der Waals surface area contributed by atoms with Gasteiger partial charge >= 0.3 is 0 Å². The average molecular weight is 214 g/mol. The van der Waals surface area contributed by atoms with Crippen molar-refractivity contribution in [2.24, 2.45) is 5.73 Å². The maximum absolute atomic E-state index is 6.14. The first-order valence-corrected chi connectivity index (χ1v) is 5.84. The van der Waals surface area contributed by atoms with Gasteiger partial charge in [-0.1, -0.05) is 17.7 Å². The molecule has 1 unspecified atom stereocenters. The fraction of sp³-hybridized carbons (Fsp3) is 0.400. The molecule has 0 aliphatic carbocycles. The van der Waals surface area contributed by atoms with Crippen molar-refractivity contribution in [1.29, 1.82) is 0 Å². The number of benzene rings is 1. The highest BCUT2D eigenvalue weighted by Gasteiger charge is 2.19. The normalized spacial score (nSPS) is 21.3. The third-order valence-electron chi connectivity index (χ3n) is 2.32. The van der Waals surface area contributed by atoms with E-state index in [9.17, 15) is 0 Å². The number of nitrogens with two attached hydrogens (primary N) is 1. The first-order valence-electron chi connectivity index (χ1n) is 4.30. The van der Waals surface area contributed by atoms with Crippen molar-refractivity contribution in [3.05, 3.63) is 33.8 Å². The van der Waals surface area contributed by atoms with E-state index in [1.165, 1.54) is 16.7 Å². The maximum atomic E-state index is 6.14. The number of fused-ring (bicyclic) bond motifs is 1. The Labute approximate surface area is 87.7 Å². The van der Waals surface area contributed by atoms with Gasteiger partial charge < -0.3 is 5.73 Å². The summed E-state index contributed by atoms with van der Waals surface area (Å²) in [6.45, 7) is 2.06. The van der Waals surface area contributed by atoms with Gasteiger partial charge in [-0.3, -0.25) is 0 Å². The van der Waals surface area contributed by atoms with E-state index < -0.39 is 0 Å². The summed E-state index contributed by atoms with van der Waals surface area (Å²) in [6.07, 6.45) is 0. The van der Waals surface area contributed by atoms with Gasteiger partial charge in [-0.05, 0) is 29.7 Å². The van der Waals surface area contributed by atoms with Gasteiger partial charge in [-0.15, -0.1) is 0 Å². The zero-order valence-corrected chi connectivity index (χ0v) is 9.08. The molecule has 0 spiro atoms. The molecular weight excluding hydrogens is 202 g/mol. The molecule has 1 atom stereocenters. The van der Waals surface area contributed by atoms with E-state index in [1.54, 1.807) is 0 Å². The molecule has 13 heavy (non-hydrogen) atoms. The fourth-order valence-corrected chi connectivity index (χ4v) is 3.16. The smallest absolute Gasteiger partial charge is 0.0452 e. The molecule has 1 heterocycles. The van der Waals surface area contributed by atoms with Gasteiger partial charge in [-0.25, -0.2) is 0 Å². The fourth-order valence-electron chi connectivity index (χ4n) is 1.66. The van der Waals surface area contributed by atoms with E-state index in [4.69, 9.17) is 17.3 Å². The van der Waals surface area contributed by atoms with Crippen LogP contribution in [-0.2, 0) is 5.75 Å². The zero-order chi connectivity index (χ0) is 9.42. The van der Waals surface area contributed by atoms with E-state index in [0.29, 0.717) is 0 Å². The molecule has 0 saturated heterocycles. The minimum atomic E-state index is 0.158. The summed E-state index contributed by atoms with van der Waals surface area (Å²) >= 11 is 8.00. The topological polar surface area (TPSA) is 26.0 Å². The van der Waals surface area contributed by atoms with Crippen LogP contribution in [0.5, 0.6) is 0 Å². The van der Waals surface area contributed by atoms with E-state index in [1.807, 2.05) is 17.8 Å². The summed E-state index contributed by atoms with van der Waals surface area (Å²) in [4.78, 5) is 0. The molecule has 2 N–H and O–H groups in total. The second kappa shape index (κ2) is 3.52. The van der Waals surface area contributed by atoms with Crippen molar-refractivity contribution < 1.29 is 0 Å². The van der Waals surface area contributed by atoms with Crippen molar-refractivity contribution in [1.82, 2.24) is 0 Å². The maximum Gasteiger partial charge on any atom is 0.0452 e. The number of rotatable bonds is 0. The molecule has 1 aromatic carbocycles. The summed E-state index contributed by atoms with van der Waals surface area (Å²) in [5.74, 6) is 2.01. The lowest BCUT2D eigenvalue weighted by Gasteiger charge is -2.23. The third-order valence-corrected chi connectivity index (χ3v) is 3.74. The molecule has 1 aliphatic rings. The van der Waals surface area contributed by atoms with Crippen LogP contribution in [0.3, 0.4) is 0 Å². The Kier molecular flexibility index (Phi) is 2.54. The SMILES string of the molecule is Cc1cc(Cl)c2c(c1)C(N)CSC2. The molecule has 0 radical (unpaired) electrons. The Bertz CT molecular complexity index is 338. The minimum Gasteiger partial charge on any atom is -0.323 e. The molecule has 3 heteroatoms. The van der Waals surface area contributed by atoms with Crippen LogP contribution in [0.15, 0.2) is 12.1 Å². The lowest BCUT2D eigenvalue weighted by Crippen LogP contribution is -2.19. The first-order chi connectivity index (χ1) is 6.18. The Morgan fingerprint density at radius 1 is 1.54 bits per heavy atom. The highest BCUT2D eigenvalue weighted by atomic mass is 35.5. The Balaban J connectivity index is 2.56. The van der Waals surface area contributed by atoms with Crippen LogP contribution in [0, 0.1) is 6.92 Å². The van der Waals surface area contributed by atoms with E-state index in [0.717, 1.165) is 16.5 Å². The van der Waals surface area contributed by atoms with Crippen molar-refractivity contribution >= 4 is 23.4 Å². The number of aryl methyl sites for hydroxylation is 1. The van der Waals surface area contributed by atoms with Crippen molar-refractivity contribution in [2.45, 2.75) is 18.7 Å². The van der Waals surface area contributed by atoms with Gasteiger partial charge in [0.15, 0.2) is 0 Å². The summed E-state index contributed by atoms with van der Waals surface area (Å²) in [6, 6.07) is 4.33. The first kappa shape index (κ1) is 9.38. The quantitative estimate of drug-likeness (QED) is 0.717. The molecule has 0 fully saturated rings.